The monoisotopic (exact) mass is 387 g/mol. The Labute approximate surface area is 159 Å². The van der Waals surface area contributed by atoms with Crippen molar-refractivity contribution >= 4 is 34.8 Å². The highest BCUT2D eigenvalue weighted by Crippen LogP contribution is 2.35. The summed E-state index contributed by atoms with van der Waals surface area (Å²) in [5, 5.41) is 14.8. The van der Waals surface area contributed by atoms with Crippen LogP contribution in [0.15, 0.2) is 42.5 Å². The van der Waals surface area contributed by atoms with Crippen LogP contribution in [0.1, 0.15) is 17.4 Å². The van der Waals surface area contributed by atoms with E-state index in [1.54, 1.807) is 43.3 Å². The summed E-state index contributed by atoms with van der Waals surface area (Å²) >= 11 is 1.13. The van der Waals surface area contributed by atoms with Gasteiger partial charge in [0.1, 0.15) is 17.9 Å². The number of urea groups is 1. The number of rotatable bonds is 4. The van der Waals surface area contributed by atoms with Crippen molar-refractivity contribution in [2.24, 2.45) is 5.73 Å². The fraction of sp³-hybridized carbons (Fsp3) is 0.111. The number of aliphatic hydroxyl groups excluding tert-OH is 1. The number of hydrogen-bond donors (Lipinski definition) is 5. The van der Waals surface area contributed by atoms with Crippen molar-refractivity contribution in [3.05, 3.63) is 59.4 Å². The van der Waals surface area contributed by atoms with Crippen LogP contribution in [-0.4, -0.2) is 15.5 Å². The highest BCUT2D eigenvalue weighted by Gasteiger charge is 2.18. The maximum Gasteiger partial charge on any atom is 0.323 e. The number of nitrogens with one attached hydrogen (secondary N) is 2. The smallest absolute Gasteiger partial charge is 0.323 e. The molecule has 27 heavy (non-hydrogen) atoms. The number of anilines is 3. The lowest BCUT2D eigenvalue weighted by Crippen LogP contribution is -2.20. The van der Waals surface area contributed by atoms with Crippen LogP contribution in [0.4, 0.5) is 26.4 Å². The van der Waals surface area contributed by atoms with E-state index in [-0.39, 0.29) is 11.5 Å². The van der Waals surface area contributed by atoms with Gasteiger partial charge < -0.3 is 27.2 Å². The molecule has 0 aliphatic rings. The highest BCUT2D eigenvalue weighted by atomic mass is 32.1. The molecule has 2 amide bonds. The molecule has 0 saturated heterocycles. The number of aryl methyl sites for hydroxylation is 1. The van der Waals surface area contributed by atoms with Gasteiger partial charge in [0.15, 0.2) is 0 Å². The van der Waals surface area contributed by atoms with Gasteiger partial charge in [-0.25, -0.2) is 9.18 Å². The third kappa shape index (κ3) is 4.22. The van der Waals surface area contributed by atoms with Gasteiger partial charge in [0.2, 0.25) is 0 Å². The van der Waals surface area contributed by atoms with Crippen LogP contribution >= 0.6 is 11.5 Å². The van der Waals surface area contributed by atoms with Gasteiger partial charge in [0, 0.05) is 5.69 Å². The number of amides is 2. The molecule has 7 N–H and O–H groups in total. The second-order valence-corrected chi connectivity index (χ2v) is 6.67. The largest absolute Gasteiger partial charge is 0.382 e. The maximum absolute atomic E-state index is 13.7. The van der Waals surface area contributed by atoms with E-state index in [1.807, 2.05) is 0 Å². The van der Waals surface area contributed by atoms with Gasteiger partial charge >= 0.3 is 6.03 Å². The Hall–Kier alpha value is -3.01. The number of aliphatic hydroxyl groups is 1. The zero-order valence-electron chi connectivity index (χ0n) is 14.4. The minimum absolute atomic E-state index is 0.103. The zero-order chi connectivity index (χ0) is 19.6. The van der Waals surface area contributed by atoms with Crippen molar-refractivity contribution in [3.63, 3.8) is 0 Å². The summed E-state index contributed by atoms with van der Waals surface area (Å²) in [6, 6.07) is 10.7. The normalized spacial score (nSPS) is 11.9. The molecule has 0 aliphatic carbocycles. The standard InChI is InChI=1S/C18H18FN5O2S/c1-9-2-7-12(19)13(8-9)23-18(26)22-11-5-3-10(4-6-11)15-14(17(21)25)16(20)24-27-15/h2-8,17,25H,21H2,1H3,(H2,20,24)(H2,22,23,26). The highest BCUT2D eigenvalue weighted by molar-refractivity contribution is 7.10. The molecule has 140 valence electrons. The lowest BCUT2D eigenvalue weighted by Gasteiger charge is -2.10. The number of halogens is 1. The van der Waals surface area contributed by atoms with Crippen LogP contribution in [-0.2, 0) is 0 Å². The number of aromatic nitrogens is 1. The summed E-state index contributed by atoms with van der Waals surface area (Å²) in [5.41, 5.74) is 13.8. The van der Waals surface area contributed by atoms with Crippen molar-refractivity contribution in [2.75, 3.05) is 16.4 Å². The molecule has 0 fully saturated rings. The summed E-state index contributed by atoms with van der Waals surface area (Å²) in [6.45, 7) is 1.81. The Balaban J connectivity index is 1.73. The average Bonchev–Trinajstić information content (AvgIpc) is 3.00. The van der Waals surface area contributed by atoms with Crippen molar-refractivity contribution in [1.29, 1.82) is 0 Å². The number of benzene rings is 2. The summed E-state index contributed by atoms with van der Waals surface area (Å²) < 4.78 is 17.7. The molecule has 0 radical (unpaired) electrons. The van der Waals surface area contributed by atoms with Crippen molar-refractivity contribution in [2.45, 2.75) is 13.2 Å². The predicted octanol–water partition coefficient (Wildman–Crippen LogP) is 3.43. The van der Waals surface area contributed by atoms with Gasteiger partial charge in [-0.1, -0.05) is 18.2 Å². The summed E-state index contributed by atoms with van der Waals surface area (Å²) in [7, 11) is 0. The molecule has 0 spiro atoms. The molecule has 0 bridgehead atoms. The van der Waals surface area contributed by atoms with Gasteiger partial charge in [-0.15, -0.1) is 0 Å². The van der Waals surface area contributed by atoms with Crippen molar-refractivity contribution in [3.8, 4) is 10.4 Å². The van der Waals surface area contributed by atoms with E-state index in [9.17, 15) is 14.3 Å². The molecule has 1 atom stereocenters. The maximum atomic E-state index is 13.7. The number of hydrogen-bond acceptors (Lipinski definition) is 6. The van der Waals surface area contributed by atoms with Gasteiger partial charge in [-0.05, 0) is 53.8 Å². The van der Waals surface area contributed by atoms with Crippen molar-refractivity contribution < 1.29 is 14.3 Å². The van der Waals surface area contributed by atoms with Crippen LogP contribution < -0.4 is 22.1 Å². The van der Waals surface area contributed by atoms with Gasteiger partial charge in [-0.2, -0.15) is 4.37 Å². The lowest BCUT2D eigenvalue weighted by atomic mass is 10.1. The van der Waals surface area contributed by atoms with E-state index >= 15 is 0 Å². The molecule has 0 aliphatic heterocycles. The molecule has 1 aromatic heterocycles. The predicted molar refractivity (Wildman–Crippen MR) is 105 cm³/mol. The third-order valence-electron chi connectivity index (χ3n) is 3.83. The Kier molecular flexibility index (Phi) is 5.36. The first-order valence-corrected chi connectivity index (χ1v) is 8.76. The number of nitrogens with two attached hydrogens (primary N) is 2. The quantitative estimate of drug-likeness (QED) is 0.438. The van der Waals surface area contributed by atoms with E-state index in [2.05, 4.69) is 15.0 Å². The van der Waals surface area contributed by atoms with Crippen LogP contribution in [0.2, 0.25) is 0 Å². The van der Waals surface area contributed by atoms with Crippen molar-refractivity contribution in [1.82, 2.24) is 4.37 Å². The number of carbonyl (C=O) groups is 1. The molecule has 1 unspecified atom stereocenters. The first-order chi connectivity index (χ1) is 12.8. The number of nitrogen functional groups attached to an aromatic ring is 1. The van der Waals surface area contributed by atoms with E-state index < -0.39 is 18.1 Å². The second-order valence-electron chi connectivity index (χ2n) is 5.90. The Bertz CT molecular complexity index is 972. The Morgan fingerprint density at radius 2 is 1.93 bits per heavy atom. The summed E-state index contributed by atoms with van der Waals surface area (Å²) in [6.07, 6.45) is -1.23. The van der Waals surface area contributed by atoms with Gasteiger partial charge in [0.05, 0.1) is 16.1 Å². The molecule has 9 heteroatoms. The average molecular weight is 387 g/mol. The molecule has 7 nitrogen and oxygen atoms in total. The molecule has 1 heterocycles. The Morgan fingerprint density at radius 1 is 1.22 bits per heavy atom. The molecule has 3 aromatic rings. The minimum atomic E-state index is -1.23. The van der Waals surface area contributed by atoms with Crippen LogP contribution in [0.5, 0.6) is 0 Å². The topological polar surface area (TPSA) is 126 Å². The summed E-state index contributed by atoms with van der Waals surface area (Å²) in [5.74, 6) is -0.325. The van der Waals surface area contributed by atoms with E-state index in [0.29, 0.717) is 16.1 Å². The van der Waals surface area contributed by atoms with Crippen LogP contribution in [0.25, 0.3) is 10.4 Å². The lowest BCUT2D eigenvalue weighted by molar-refractivity contribution is 0.188. The van der Waals surface area contributed by atoms with Crippen LogP contribution in [0, 0.1) is 12.7 Å². The van der Waals surface area contributed by atoms with Gasteiger partial charge in [0.25, 0.3) is 0 Å². The summed E-state index contributed by atoms with van der Waals surface area (Å²) in [4.78, 5) is 12.7. The second kappa shape index (κ2) is 7.70. The first-order valence-electron chi connectivity index (χ1n) is 7.98. The molecule has 2 aromatic carbocycles. The van der Waals surface area contributed by atoms with E-state index in [1.165, 1.54) is 6.07 Å². The van der Waals surface area contributed by atoms with Gasteiger partial charge in [-0.3, -0.25) is 0 Å². The van der Waals surface area contributed by atoms with E-state index in [0.717, 1.165) is 22.7 Å². The number of carbonyl (C=O) groups excluding carboxylic acids is 1. The SMILES string of the molecule is Cc1ccc(F)c(NC(=O)Nc2ccc(-c3snc(N)c3C(N)O)cc2)c1. The molecule has 3 rings (SSSR count). The van der Waals surface area contributed by atoms with E-state index in [4.69, 9.17) is 11.5 Å². The Morgan fingerprint density at radius 3 is 2.59 bits per heavy atom. The number of nitrogens with zero attached hydrogens (tertiary/aromatic N) is 1. The minimum Gasteiger partial charge on any atom is -0.382 e. The zero-order valence-corrected chi connectivity index (χ0v) is 15.2. The molecular weight excluding hydrogens is 369 g/mol. The molecular formula is C18H18FN5O2S. The first kappa shape index (κ1) is 18.8. The third-order valence-corrected chi connectivity index (χ3v) is 4.75. The fourth-order valence-electron chi connectivity index (χ4n) is 2.53. The fourth-order valence-corrected chi connectivity index (χ4v) is 3.38. The molecule has 0 saturated carbocycles. The van der Waals surface area contributed by atoms with Crippen LogP contribution in [0.3, 0.4) is 0 Å².